The average Bonchev–Trinajstić information content (AvgIpc) is 3.49. The number of aromatic nitrogens is 5. The summed E-state index contributed by atoms with van der Waals surface area (Å²) in [5.41, 5.74) is 2.70. The number of nitrogens with zero attached hydrogens (tertiary/aromatic N) is 6. The lowest BCUT2D eigenvalue weighted by atomic mass is 10.3. The van der Waals surface area contributed by atoms with Gasteiger partial charge in [-0.2, -0.15) is 0 Å². The maximum absolute atomic E-state index is 12.5. The lowest BCUT2D eigenvalue weighted by Gasteiger charge is -2.15. The fourth-order valence-corrected chi connectivity index (χ4v) is 5.54. The Morgan fingerprint density at radius 1 is 1.13 bits per heavy atom. The van der Waals surface area contributed by atoms with Crippen molar-refractivity contribution in [1.29, 1.82) is 0 Å². The van der Waals surface area contributed by atoms with Crippen LogP contribution in [0.4, 0.5) is 0 Å². The molecule has 0 unspecified atom stereocenters. The molecule has 0 aliphatic carbocycles. The highest BCUT2D eigenvalue weighted by Gasteiger charge is 2.19. The van der Waals surface area contributed by atoms with Gasteiger partial charge in [-0.15, -0.1) is 21.5 Å². The van der Waals surface area contributed by atoms with E-state index in [0.717, 1.165) is 52.7 Å². The summed E-state index contributed by atoms with van der Waals surface area (Å²) in [6, 6.07) is 11.8. The molecule has 0 radical (unpaired) electrons. The molecule has 0 spiro atoms. The van der Waals surface area contributed by atoms with E-state index in [4.69, 9.17) is 0 Å². The van der Waals surface area contributed by atoms with Gasteiger partial charge in [0, 0.05) is 28.6 Å². The molecular weight excluding hydrogens is 416 g/mol. The molecule has 0 N–H and O–H groups in total. The van der Waals surface area contributed by atoms with E-state index in [1.165, 1.54) is 24.2 Å². The van der Waals surface area contributed by atoms with Crippen LogP contribution in [0.2, 0.25) is 0 Å². The molecule has 1 aliphatic heterocycles. The number of para-hydroxylation sites is 1. The third kappa shape index (κ3) is 3.80. The molecule has 1 saturated heterocycles. The third-order valence-corrected chi connectivity index (χ3v) is 7.16. The van der Waals surface area contributed by atoms with Gasteiger partial charge in [-0.3, -0.25) is 18.7 Å². The van der Waals surface area contributed by atoms with E-state index in [-0.39, 0.29) is 5.56 Å². The Hall–Kier alpha value is -2.49. The number of likely N-dealkylation sites (tertiary alicyclic amines) is 1. The summed E-state index contributed by atoms with van der Waals surface area (Å²) in [6.45, 7) is 4.93. The predicted octanol–water partition coefficient (Wildman–Crippen LogP) is 3.53. The molecule has 30 heavy (non-hydrogen) atoms. The second-order valence-corrected chi connectivity index (χ2v) is 9.20. The largest absolute Gasteiger partial charge is 0.296 e. The molecule has 4 aromatic rings. The Morgan fingerprint density at radius 3 is 2.73 bits per heavy atom. The van der Waals surface area contributed by atoms with Crippen LogP contribution in [0.15, 0.2) is 51.7 Å². The van der Waals surface area contributed by atoms with Gasteiger partial charge >= 0.3 is 0 Å². The van der Waals surface area contributed by atoms with E-state index in [1.54, 1.807) is 22.2 Å². The number of thioether (sulfide) groups is 1. The molecule has 3 aromatic heterocycles. The molecule has 1 fully saturated rings. The Morgan fingerprint density at radius 2 is 1.93 bits per heavy atom. The number of aryl methyl sites for hydroxylation is 1. The molecule has 154 valence electrons. The molecule has 0 amide bonds. The lowest BCUT2D eigenvalue weighted by Crippen LogP contribution is -2.21. The number of hydrogen-bond donors (Lipinski definition) is 0. The first-order valence-corrected chi connectivity index (χ1v) is 11.9. The zero-order valence-corrected chi connectivity index (χ0v) is 18.3. The van der Waals surface area contributed by atoms with Crippen LogP contribution >= 0.6 is 23.1 Å². The summed E-state index contributed by atoms with van der Waals surface area (Å²) < 4.78 is 3.78. The molecule has 7 nitrogen and oxygen atoms in total. The Kier molecular flexibility index (Phi) is 5.41. The van der Waals surface area contributed by atoms with E-state index >= 15 is 0 Å². The van der Waals surface area contributed by atoms with Gasteiger partial charge in [0.25, 0.3) is 5.56 Å². The van der Waals surface area contributed by atoms with E-state index < -0.39 is 0 Å². The van der Waals surface area contributed by atoms with E-state index in [0.29, 0.717) is 5.75 Å². The molecule has 5 rings (SSSR count). The summed E-state index contributed by atoms with van der Waals surface area (Å²) in [5, 5.41) is 11.8. The number of benzene rings is 1. The standard InChI is InChI=1S/C21H22N6OS2/c1-15-13-29-20-22-16(11-19(28)26(15)20)14-30-21-24-23-18(12-25-9-5-6-10-25)27(21)17-7-3-2-4-8-17/h2-4,7-8,11,13H,5-6,9-10,12,14H2,1H3. The van der Waals surface area contributed by atoms with Crippen molar-refractivity contribution in [3.8, 4) is 5.69 Å². The Balaban J connectivity index is 1.44. The molecule has 4 heterocycles. The number of thiazole rings is 1. The first kappa shape index (κ1) is 19.5. The summed E-state index contributed by atoms with van der Waals surface area (Å²) in [7, 11) is 0. The number of hydrogen-bond acceptors (Lipinski definition) is 7. The Labute approximate surface area is 182 Å². The van der Waals surface area contributed by atoms with Gasteiger partial charge < -0.3 is 0 Å². The number of rotatable bonds is 6. The zero-order valence-electron chi connectivity index (χ0n) is 16.7. The van der Waals surface area contributed by atoms with Gasteiger partial charge in [0.1, 0.15) is 0 Å². The smallest absolute Gasteiger partial charge is 0.258 e. The highest BCUT2D eigenvalue weighted by molar-refractivity contribution is 7.98. The topological polar surface area (TPSA) is 68.3 Å². The van der Waals surface area contributed by atoms with Crippen LogP contribution in [0.3, 0.4) is 0 Å². The van der Waals surface area contributed by atoms with Crippen LogP contribution < -0.4 is 5.56 Å². The minimum absolute atomic E-state index is 0.0337. The minimum Gasteiger partial charge on any atom is -0.296 e. The summed E-state index contributed by atoms with van der Waals surface area (Å²) >= 11 is 3.05. The van der Waals surface area contributed by atoms with E-state index in [1.807, 2.05) is 30.5 Å². The molecule has 1 aliphatic rings. The van der Waals surface area contributed by atoms with Crippen molar-refractivity contribution in [3.63, 3.8) is 0 Å². The molecule has 0 atom stereocenters. The van der Waals surface area contributed by atoms with Crippen LogP contribution in [0, 0.1) is 6.92 Å². The maximum Gasteiger partial charge on any atom is 0.258 e. The average molecular weight is 439 g/mol. The van der Waals surface area contributed by atoms with Crippen molar-refractivity contribution in [2.45, 2.75) is 37.2 Å². The molecule has 0 saturated carbocycles. The minimum atomic E-state index is -0.0337. The van der Waals surface area contributed by atoms with Crippen molar-refractivity contribution in [1.82, 2.24) is 29.0 Å². The first-order chi connectivity index (χ1) is 14.7. The normalized spacial score (nSPS) is 14.7. The second-order valence-electron chi connectivity index (χ2n) is 7.42. The van der Waals surface area contributed by atoms with Gasteiger partial charge in [-0.25, -0.2) is 4.98 Å². The highest BCUT2D eigenvalue weighted by atomic mass is 32.2. The summed E-state index contributed by atoms with van der Waals surface area (Å²) in [5.74, 6) is 1.51. The highest BCUT2D eigenvalue weighted by Crippen LogP contribution is 2.26. The van der Waals surface area contributed by atoms with Crippen molar-refractivity contribution >= 4 is 28.1 Å². The lowest BCUT2D eigenvalue weighted by molar-refractivity contribution is 0.319. The van der Waals surface area contributed by atoms with E-state index in [2.05, 4.69) is 36.8 Å². The van der Waals surface area contributed by atoms with Crippen molar-refractivity contribution in [2.24, 2.45) is 0 Å². The Bertz CT molecular complexity index is 1220. The fraction of sp³-hybridized carbons (Fsp3) is 0.333. The number of fused-ring (bicyclic) bond motifs is 1. The van der Waals surface area contributed by atoms with Crippen molar-refractivity contribution in [3.05, 3.63) is 69.3 Å². The van der Waals surface area contributed by atoms with Crippen LogP contribution in [0.5, 0.6) is 0 Å². The van der Waals surface area contributed by atoms with Crippen LogP contribution in [-0.4, -0.2) is 42.1 Å². The SMILES string of the molecule is Cc1csc2nc(CSc3nnc(CN4CCCC4)n3-c3ccccc3)cc(=O)n12. The van der Waals surface area contributed by atoms with Gasteiger partial charge in [0.2, 0.25) is 0 Å². The molecule has 1 aromatic carbocycles. The van der Waals surface area contributed by atoms with Gasteiger partial charge in [0.05, 0.1) is 12.2 Å². The van der Waals surface area contributed by atoms with Crippen LogP contribution in [0.25, 0.3) is 10.6 Å². The molecule has 9 heteroatoms. The summed E-state index contributed by atoms with van der Waals surface area (Å²) in [6.07, 6.45) is 2.49. The predicted molar refractivity (Wildman–Crippen MR) is 120 cm³/mol. The third-order valence-electron chi connectivity index (χ3n) is 5.26. The molecule has 0 bridgehead atoms. The van der Waals surface area contributed by atoms with Gasteiger partial charge in [0.15, 0.2) is 15.9 Å². The van der Waals surface area contributed by atoms with Gasteiger partial charge in [-0.1, -0.05) is 30.0 Å². The van der Waals surface area contributed by atoms with E-state index in [9.17, 15) is 4.79 Å². The second kappa shape index (κ2) is 8.33. The van der Waals surface area contributed by atoms with Crippen molar-refractivity contribution < 1.29 is 0 Å². The van der Waals surface area contributed by atoms with Gasteiger partial charge in [-0.05, 0) is 45.0 Å². The summed E-state index contributed by atoms with van der Waals surface area (Å²) in [4.78, 5) is 20.3. The first-order valence-electron chi connectivity index (χ1n) is 10.0. The van der Waals surface area contributed by atoms with Crippen LogP contribution in [-0.2, 0) is 12.3 Å². The quantitative estimate of drug-likeness (QED) is 0.429. The fourth-order valence-electron chi connectivity index (χ4n) is 3.79. The van der Waals surface area contributed by atoms with Crippen molar-refractivity contribution in [2.75, 3.05) is 13.1 Å². The zero-order chi connectivity index (χ0) is 20.5. The monoisotopic (exact) mass is 438 g/mol. The van der Waals surface area contributed by atoms with Crippen LogP contribution in [0.1, 0.15) is 30.1 Å². The molecular formula is C21H22N6OS2. The maximum atomic E-state index is 12.5.